The number of hydrogen-bond donors (Lipinski definition) is 2. The number of carbonyl (C=O) groups is 1. The van der Waals surface area contributed by atoms with Crippen molar-refractivity contribution in [2.24, 2.45) is 0 Å². The molecule has 3 aliphatic heterocycles. The summed E-state index contributed by atoms with van der Waals surface area (Å²) in [6.07, 6.45) is -8.48. The van der Waals surface area contributed by atoms with E-state index in [1.165, 1.54) is 13.8 Å². The number of halogens is 3. The van der Waals surface area contributed by atoms with Crippen molar-refractivity contribution in [3.8, 4) is 0 Å². The number of nitrogens with zero attached hydrogens (tertiary/aromatic N) is 1. The number of rotatable bonds is 4. The number of phosphoric ester groups is 1. The topological polar surface area (TPSA) is 107 Å². The van der Waals surface area contributed by atoms with E-state index in [9.17, 15) is 27.6 Å². The van der Waals surface area contributed by atoms with Crippen LogP contribution in [0.5, 0.6) is 0 Å². The predicted molar refractivity (Wildman–Crippen MR) is 78.7 cm³/mol. The van der Waals surface area contributed by atoms with Crippen molar-refractivity contribution in [2.45, 2.75) is 50.4 Å². The zero-order valence-electron chi connectivity index (χ0n) is 13.8. The Kier molecular flexibility index (Phi) is 5.10. The molecule has 2 amide bonds. The number of urea groups is 1. The van der Waals surface area contributed by atoms with Crippen molar-refractivity contribution in [1.82, 2.24) is 10.2 Å². The first-order valence-electron chi connectivity index (χ1n) is 7.76. The van der Waals surface area contributed by atoms with Gasteiger partial charge in [0.25, 0.3) is 6.43 Å². The summed E-state index contributed by atoms with van der Waals surface area (Å²) < 4.78 is 73.5. The van der Waals surface area contributed by atoms with Crippen molar-refractivity contribution in [3.05, 3.63) is 12.0 Å². The fraction of sp³-hybridized carbons (Fsp3) is 0.769. The van der Waals surface area contributed by atoms with Gasteiger partial charge in [-0.05, 0) is 13.8 Å². The van der Waals surface area contributed by atoms with Crippen LogP contribution < -0.4 is 5.32 Å². The van der Waals surface area contributed by atoms with Gasteiger partial charge < -0.3 is 15.2 Å². The van der Waals surface area contributed by atoms with Gasteiger partial charge in [0.1, 0.15) is 18.0 Å². The number of aliphatic hydroxyl groups is 1. The van der Waals surface area contributed by atoms with Crippen molar-refractivity contribution in [2.75, 3.05) is 13.2 Å². The van der Waals surface area contributed by atoms with E-state index in [-0.39, 0.29) is 6.54 Å². The van der Waals surface area contributed by atoms with Gasteiger partial charge in [0, 0.05) is 6.20 Å². The van der Waals surface area contributed by atoms with Gasteiger partial charge in [-0.2, -0.15) is 0 Å². The summed E-state index contributed by atoms with van der Waals surface area (Å²) in [4.78, 5) is 12.5. The average Bonchev–Trinajstić information content (AvgIpc) is 2.83. The highest BCUT2D eigenvalue weighted by Gasteiger charge is 2.68. The predicted octanol–water partition coefficient (Wildman–Crippen LogP) is 1.49. The molecule has 0 spiro atoms. The number of fused-ring (bicyclic) bond motifs is 1. The van der Waals surface area contributed by atoms with E-state index in [4.69, 9.17) is 18.3 Å². The van der Waals surface area contributed by atoms with E-state index in [2.05, 4.69) is 5.32 Å². The second-order valence-corrected chi connectivity index (χ2v) is 7.87. The minimum Gasteiger partial charge on any atom is -0.386 e. The number of nitrogens with one attached hydrogen (secondary N) is 1. The Bertz CT molecular complexity index is 664. The SMILES string of the molecule is CC(C)OP1(=O)OC[C@@]2(C(F)F)O[C@@H](N3C=C(F)CNC3=O)[C@H](O)[C@H]2O1. The Balaban J connectivity index is 1.91. The molecule has 0 aromatic carbocycles. The molecule has 9 nitrogen and oxygen atoms in total. The second kappa shape index (κ2) is 6.77. The Morgan fingerprint density at radius 2 is 2.19 bits per heavy atom. The maximum atomic E-state index is 13.7. The summed E-state index contributed by atoms with van der Waals surface area (Å²) in [5, 5.41) is 12.6. The van der Waals surface area contributed by atoms with Gasteiger partial charge in [0.2, 0.25) is 0 Å². The fourth-order valence-corrected chi connectivity index (χ4v) is 4.52. The number of ether oxygens (including phenoxy) is 1. The molecule has 3 rings (SSSR count). The molecule has 2 saturated heterocycles. The van der Waals surface area contributed by atoms with Crippen LogP contribution in [0.4, 0.5) is 18.0 Å². The summed E-state index contributed by atoms with van der Waals surface area (Å²) in [6, 6.07) is -0.860. The first-order valence-corrected chi connectivity index (χ1v) is 9.22. The average molecular weight is 402 g/mol. The Hall–Kier alpha value is -1.17. The number of amides is 2. The van der Waals surface area contributed by atoms with Crippen molar-refractivity contribution >= 4 is 13.9 Å². The molecular weight excluding hydrogens is 384 g/mol. The fourth-order valence-electron chi connectivity index (χ4n) is 2.89. The van der Waals surface area contributed by atoms with Crippen molar-refractivity contribution in [3.63, 3.8) is 0 Å². The third kappa shape index (κ3) is 3.25. The molecule has 1 unspecified atom stereocenters. The highest BCUT2D eigenvalue weighted by molar-refractivity contribution is 7.48. The molecular formula is C13H18F3N2O7P. The van der Waals surface area contributed by atoms with Crippen LogP contribution in [0.3, 0.4) is 0 Å². The molecule has 5 atom stereocenters. The van der Waals surface area contributed by atoms with Crippen LogP contribution in [-0.4, -0.2) is 65.8 Å². The largest absolute Gasteiger partial charge is 0.475 e. The molecule has 148 valence electrons. The number of phosphoric acid groups is 1. The molecule has 2 N–H and O–H groups in total. The quantitative estimate of drug-likeness (QED) is 0.687. The van der Waals surface area contributed by atoms with Crippen molar-refractivity contribution in [1.29, 1.82) is 0 Å². The summed E-state index contributed by atoms with van der Waals surface area (Å²) >= 11 is 0. The van der Waals surface area contributed by atoms with Crippen molar-refractivity contribution < 1.29 is 45.9 Å². The summed E-state index contributed by atoms with van der Waals surface area (Å²) in [5.41, 5.74) is -2.50. The first kappa shape index (κ1) is 19.6. The Morgan fingerprint density at radius 1 is 1.50 bits per heavy atom. The molecule has 2 fully saturated rings. The number of carbonyl (C=O) groups excluding carboxylic acids is 1. The Morgan fingerprint density at radius 3 is 2.81 bits per heavy atom. The van der Waals surface area contributed by atoms with E-state index in [1.807, 2.05) is 0 Å². The third-order valence-electron chi connectivity index (χ3n) is 4.02. The molecule has 0 aromatic rings. The number of alkyl halides is 2. The van der Waals surface area contributed by atoms with E-state index < -0.39 is 62.9 Å². The van der Waals surface area contributed by atoms with Gasteiger partial charge in [-0.25, -0.2) is 22.5 Å². The molecule has 0 aliphatic carbocycles. The monoisotopic (exact) mass is 402 g/mol. The van der Waals surface area contributed by atoms with Gasteiger partial charge in [-0.15, -0.1) is 0 Å². The highest BCUT2D eigenvalue weighted by Crippen LogP contribution is 2.60. The van der Waals surface area contributed by atoms with Crippen LogP contribution in [-0.2, 0) is 22.9 Å². The third-order valence-corrected chi connectivity index (χ3v) is 5.63. The van der Waals surface area contributed by atoms with Gasteiger partial charge >= 0.3 is 13.9 Å². The maximum absolute atomic E-state index is 13.7. The van der Waals surface area contributed by atoms with Gasteiger partial charge in [-0.1, -0.05) is 0 Å². The van der Waals surface area contributed by atoms with Gasteiger partial charge in [0.15, 0.2) is 11.8 Å². The molecule has 13 heteroatoms. The molecule has 26 heavy (non-hydrogen) atoms. The van der Waals surface area contributed by atoms with Crippen LogP contribution in [0.2, 0.25) is 0 Å². The van der Waals surface area contributed by atoms with E-state index in [0.717, 1.165) is 6.20 Å². The minimum atomic E-state index is -4.24. The highest BCUT2D eigenvalue weighted by atomic mass is 31.2. The first-order chi connectivity index (χ1) is 12.1. The molecule has 0 radical (unpaired) electrons. The molecule has 0 aromatic heterocycles. The van der Waals surface area contributed by atoms with Gasteiger partial charge in [-0.3, -0.25) is 18.5 Å². The van der Waals surface area contributed by atoms with Crippen LogP contribution in [0.25, 0.3) is 0 Å². The van der Waals surface area contributed by atoms with Crippen LogP contribution in [0, 0.1) is 0 Å². The second-order valence-electron chi connectivity index (χ2n) is 6.30. The normalized spacial score (nSPS) is 40.6. The van der Waals surface area contributed by atoms with E-state index >= 15 is 0 Å². The van der Waals surface area contributed by atoms with Crippen LogP contribution >= 0.6 is 7.82 Å². The number of aliphatic hydroxyl groups excluding tert-OH is 1. The van der Waals surface area contributed by atoms with Gasteiger partial charge in [0.05, 0.1) is 19.3 Å². The molecule has 0 bridgehead atoms. The summed E-state index contributed by atoms with van der Waals surface area (Å²) in [6.45, 7) is 1.77. The van der Waals surface area contributed by atoms with Crippen LogP contribution in [0.1, 0.15) is 13.8 Å². The maximum Gasteiger partial charge on any atom is 0.475 e. The van der Waals surface area contributed by atoms with E-state index in [0.29, 0.717) is 4.90 Å². The zero-order chi connectivity index (χ0) is 19.3. The van der Waals surface area contributed by atoms with Crippen LogP contribution in [0.15, 0.2) is 12.0 Å². The lowest BCUT2D eigenvalue weighted by atomic mass is 9.96. The molecule has 3 heterocycles. The summed E-state index contributed by atoms with van der Waals surface area (Å²) in [7, 11) is -4.24. The lowest BCUT2D eigenvalue weighted by Crippen LogP contribution is -2.56. The zero-order valence-corrected chi connectivity index (χ0v) is 14.7. The van der Waals surface area contributed by atoms with E-state index in [1.54, 1.807) is 0 Å². The Labute approximate surface area is 146 Å². The lowest BCUT2D eigenvalue weighted by Gasteiger charge is -2.39. The smallest absolute Gasteiger partial charge is 0.386 e. The molecule has 3 aliphatic rings. The summed E-state index contributed by atoms with van der Waals surface area (Å²) in [5.74, 6) is -0.771. The lowest BCUT2D eigenvalue weighted by molar-refractivity contribution is -0.209. The number of hydrogen-bond acceptors (Lipinski definition) is 7. The standard InChI is InChI=1S/C13H18F3N2O7P/c1-6(2)24-26(21)22-5-13(11(15)16)9(25-26)8(19)10(23-13)18-4-7(14)3-17-12(18)20/h4,6,8-11,19H,3,5H2,1-2H3,(H,17,20)/t8-,9-,10-,13-,26?/m1/s1. The molecule has 0 saturated carbocycles. The minimum absolute atomic E-state index is 0.376.